The van der Waals surface area contributed by atoms with Crippen LogP contribution in [-0.4, -0.2) is 93.9 Å². The SMILES string of the molecule is CNC(=O)c1ccccc1Nc1nc(Nc2ccc(N3CCCCC3)cc2)ncc1Cl.NC(=O)c1ccccc1Nc1nc(Nc2ccc(N3CCCCC3)cc2)ncc1Cl.NC(=O)c1ccccc1Nc1nc(Nc2cccc(N3CCCCC3)c2)ncc1Cl. The number of aromatic nitrogens is 6. The first-order chi connectivity index (χ1) is 44.3. The Balaban J connectivity index is 0.000000150. The molecule has 3 aliphatic heterocycles. The maximum absolute atomic E-state index is 12.1. The molecule has 12 rings (SSSR count). The number of nitrogens with one attached hydrogen (secondary N) is 7. The second-order valence-electron chi connectivity index (χ2n) is 21.7. The Bertz CT molecular complexity index is 3940. The van der Waals surface area contributed by atoms with E-state index in [0.29, 0.717) is 84.1 Å². The van der Waals surface area contributed by atoms with Gasteiger partial charge < -0.3 is 63.4 Å². The first-order valence-electron chi connectivity index (χ1n) is 30.2. The fourth-order valence-electron chi connectivity index (χ4n) is 10.6. The number of hydrogen-bond donors (Lipinski definition) is 9. The summed E-state index contributed by atoms with van der Waals surface area (Å²) in [6.07, 6.45) is 15.9. The Morgan fingerprint density at radius 2 is 0.725 bits per heavy atom. The Morgan fingerprint density at radius 3 is 1.10 bits per heavy atom. The minimum absolute atomic E-state index is 0.194. The van der Waals surface area contributed by atoms with E-state index >= 15 is 0 Å². The van der Waals surface area contributed by atoms with Crippen LogP contribution in [0.5, 0.6) is 0 Å². The molecule has 0 spiro atoms. The zero-order valence-corrected chi connectivity index (χ0v) is 52.5. The lowest BCUT2D eigenvalue weighted by Gasteiger charge is -2.29. The number of nitrogens with two attached hydrogens (primary N) is 2. The highest BCUT2D eigenvalue weighted by Gasteiger charge is 2.18. The van der Waals surface area contributed by atoms with Gasteiger partial charge in [0.2, 0.25) is 17.8 Å². The van der Waals surface area contributed by atoms with Crippen molar-refractivity contribution in [1.29, 1.82) is 0 Å². The molecule has 6 aromatic carbocycles. The number of hydrogen-bond acceptors (Lipinski definition) is 18. The molecule has 3 aromatic heterocycles. The fourth-order valence-corrected chi connectivity index (χ4v) is 11.0. The number of carbonyl (C=O) groups is 3. The van der Waals surface area contributed by atoms with Crippen molar-refractivity contribution in [1.82, 2.24) is 35.2 Å². The van der Waals surface area contributed by atoms with Gasteiger partial charge in [-0.3, -0.25) is 14.4 Å². The number of para-hydroxylation sites is 3. The average molecular weight is 1280 g/mol. The van der Waals surface area contributed by atoms with E-state index in [2.05, 4.69) is 118 Å². The van der Waals surface area contributed by atoms with Crippen LogP contribution >= 0.6 is 34.8 Å². The largest absolute Gasteiger partial charge is 0.372 e. The molecule has 0 radical (unpaired) electrons. The summed E-state index contributed by atoms with van der Waals surface area (Å²) in [6, 6.07) is 45.7. The summed E-state index contributed by atoms with van der Waals surface area (Å²) in [5, 5.41) is 22.6. The molecule has 24 heteroatoms. The van der Waals surface area contributed by atoms with Crippen molar-refractivity contribution in [3.05, 3.63) is 196 Å². The van der Waals surface area contributed by atoms with Gasteiger partial charge >= 0.3 is 0 Å². The van der Waals surface area contributed by atoms with Gasteiger partial charge in [0.15, 0.2) is 17.5 Å². The van der Waals surface area contributed by atoms with Crippen molar-refractivity contribution in [2.24, 2.45) is 11.5 Å². The quantitative estimate of drug-likeness (QED) is 0.0386. The van der Waals surface area contributed by atoms with Crippen molar-refractivity contribution < 1.29 is 14.4 Å². The van der Waals surface area contributed by atoms with E-state index < -0.39 is 11.8 Å². The Labute approximate surface area is 543 Å². The zero-order valence-electron chi connectivity index (χ0n) is 50.2. The van der Waals surface area contributed by atoms with Gasteiger partial charge in [0, 0.05) is 80.4 Å². The van der Waals surface area contributed by atoms with E-state index in [1.54, 1.807) is 73.8 Å². The molecule has 91 heavy (non-hydrogen) atoms. The number of anilines is 15. The topological polar surface area (TPSA) is 275 Å². The summed E-state index contributed by atoms with van der Waals surface area (Å²) in [5.41, 5.74) is 20.1. The van der Waals surface area contributed by atoms with Crippen LogP contribution < -0.4 is 63.4 Å². The van der Waals surface area contributed by atoms with Crippen LogP contribution in [0.1, 0.15) is 88.9 Å². The summed E-state index contributed by atoms with van der Waals surface area (Å²) in [4.78, 5) is 68.9. The molecule has 3 saturated heterocycles. The molecule has 3 fully saturated rings. The van der Waals surface area contributed by atoms with E-state index in [1.165, 1.54) is 93.4 Å². The molecule has 3 amide bonds. The summed E-state index contributed by atoms with van der Waals surface area (Å²) < 4.78 is 0. The highest BCUT2D eigenvalue weighted by atomic mass is 35.5. The van der Waals surface area contributed by atoms with Gasteiger partial charge in [-0.15, -0.1) is 0 Å². The van der Waals surface area contributed by atoms with Crippen LogP contribution in [0.25, 0.3) is 0 Å². The minimum atomic E-state index is -0.532. The number of primary amides is 2. The molecule has 9 aromatic rings. The van der Waals surface area contributed by atoms with Crippen LogP contribution in [0.15, 0.2) is 164 Å². The van der Waals surface area contributed by atoms with Crippen molar-refractivity contribution in [2.45, 2.75) is 57.8 Å². The van der Waals surface area contributed by atoms with E-state index in [0.717, 1.165) is 56.3 Å². The van der Waals surface area contributed by atoms with Crippen LogP contribution in [0.2, 0.25) is 15.1 Å². The Hall–Kier alpha value is -9.96. The average Bonchev–Trinajstić information content (AvgIpc) is 3.75. The normalized spacial score (nSPS) is 13.6. The number of amides is 3. The predicted molar refractivity (Wildman–Crippen MR) is 368 cm³/mol. The van der Waals surface area contributed by atoms with E-state index in [1.807, 2.05) is 42.5 Å². The fraction of sp³-hybridized carbons (Fsp3) is 0.239. The lowest BCUT2D eigenvalue weighted by Crippen LogP contribution is -2.29. The summed E-state index contributed by atoms with van der Waals surface area (Å²) in [6.45, 7) is 6.59. The molecule has 0 aliphatic carbocycles. The van der Waals surface area contributed by atoms with E-state index in [4.69, 9.17) is 46.3 Å². The minimum Gasteiger partial charge on any atom is -0.372 e. The number of halogens is 3. The van der Waals surface area contributed by atoms with Crippen molar-refractivity contribution in [3.63, 3.8) is 0 Å². The third kappa shape index (κ3) is 17.7. The first kappa shape index (κ1) is 64.0. The molecule has 468 valence electrons. The van der Waals surface area contributed by atoms with E-state index in [-0.39, 0.29) is 5.91 Å². The molecular weight excluding hydrogens is 1210 g/mol. The van der Waals surface area contributed by atoms with Gasteiger partial charge in [0.1, 0.15) is 15.1 Å². The number of nitrogens with zero attached hydrogens (tertiary/aromatic N) is 9. The van der Waals surface area contributed by atoms with Crippen molar-refractivity contribution in [2.75, 3.05) is 92.9 Å². The second-order valence-corrected chi connectivity index (χ2v) is 22.9. The molecule has 11 N–H and O–H groups in total. The number of piperidine rings is 3. The highest BCUT2D eigenvalue weighted by Crippen LogP contribution is 2.33. The number of carbonyl (C=O) groups excluding carboxylic acids is 3. The third-order valence-electron chi connectivity index (χ3n) is 15.3. The third-order valence-corrected chi connectivity index (χ3v) is 16.1. The van der Waals surface area contributed by atoms with Crippen LogP contribution in [-0.2, 0) is 0 Å². The number of benzene rings is 6. The van der Waals surface area contributed by atoms with Gasteiger partial charge in [-0.25, -0.2) is 15.0 Å². The summed E-state index contributed by atoms with van der Waals surface area (Å²) >= 11 is 18.8. The highest BCUT2D eigenvalue weighted by molar-refractivity contribution is 6.33. The smallest absolute Gasteiger partial charge is 0.253 e. The van der Waals surface area contributed by atoms with Gasteiger partial charge in [0.05, 0.1) is 52.3 Å². The molecule has 3 aliphatic rings. The summed E-state index contributed by atoms with van der Waals surface area (Å²) in [7, 11) is 1.59. The monoisotopic (exact) mass is 1280 g/mol. The van der Waals surface area contributed by atoms with Gasteiger partial charge in [-0.05, 0) is 161 Å². The molecule has 0 unspecified atom stereocenters. The van der Waals surface area contributed by atoms with Gasteiger partial charge in [-0.1, -0.05) is 77.3 Å². The van der Waals surface area contributed by atoms with Crippen LogP contribution in [0.3, 0.4) is 0 Å². The maximum atomic E-state index is 12.1. The standard InChI is InChI=1S/C23H25ClN6O.2C22H23ClN6O/c1-25-22(31)18-7-3-4-8-20(18)28-21-19(24)15-26-23(29-21)27-16-9-11-17(12-10-16)30-13-5-2-6-14-30;23-18-14-25-22(28-21(18)27-19-10-3-2-9-17(19)20(24)30)26-15-7-6-8-16(13-15)29-11-4-1-5-12-29;23-18-14-25-22(28-21(18)27-19-7-3-2-6-17(19)20(24)30)26-15-8-10-16(11-9-15)29-12-4-1-5-13-29/h3-4,7-12,15H,2,5-6,13-14H2,1H3,(H,25,31)(H2,26,27,28,29);2-3,6-10,13-14H,1,4-5,11-12H2,(H2,24,30)(H2,25,26,27,28);2-3,6-11,14H,1,4-5,12-13H2,(H2,24,30)(H2,25,26,27,28). The molecule has 0 bridgehead atoms. The Morgan fingerprint density at radius 1 is 0.385 bits per heavy atom. The number of rotatable bonds is 18. The first-order valence-corrected chi connectivity index (χ1v) is 31.3. The lowest BCUT2D eigenvalue weighted by molar-refractivity contribution is 0.0961. The van der Waals surface area contributed by atoms with E-state index in [9.17, 15) is 14.4 Å². The molecule has 6 heterocycles. The van der Waals surface area contributed by atoms with Crippen LogP contribution in [0.4, 0.5) is 86.5 Å². The maximum Gasteiger partial charge on any atom is 0.253 e. The van der Waals surface area contributed by atoms with Crippen molar-refractivity contribution >= 4 is 139 Å². The predicted octanol–water partition coefficient (Wildman–Crippen LogP) is 14.4. The zero-order chi connectivity index (χ0) is 63.5. The molecule has 0 atom stereocenters. The molecule has 0 saturated carbocycles. The second kappa shape index (κ2) is 31.5. The van der Waals surface area contributed by atoms with Crippen molar-refractivity contribution in [3.8, 4) is 0 Å². The van der Waals surface area contributed by atoms with Gasteiger partial charge in [0.25, 0.3) is 17.7 Å². The lowest BCUT2D eigenvalue weighted by atomic mass is 10.1. The molecule has 21 nitrogen and oxygen atoms in total. The van der Waals surface area contributed by atoms with Gasteiger partial charge in [-0.2, -0.15) is 15.0 Å². The van der Waals surface area contributed by atoms with Crippen LogP contribution in [0, 0.1) is 0 Å². The summed E-state index contributed by atoms with van der Waals surface area (Å²) in [5.74, 6) is 1.13. The Kier molecular flexibility index (Phi) is 22.2. The molecular formula is C67H71Cl3N18O3.